The molecule has 2 aromatic rings. The highest BCUT2D eigenvalue weighted by atomic mass is 16.2. The number of rotatable bonds is 3. The number of likely N-dealkylation sites (tertiary alicyclic amines) is 1. The SMILES string of the molecule is Cc1cc(C)nc(N2CCC3(CC2)C[C@H](c2ccccc2)C(=O)N(C2CC2)C3)n1. The summed E-state index contributed by atoms with van der Waals surface area (Å²) in [7, 11) is 0. The molecule has 152 valence electrons. The number of amides is 1. The predicted octanol–water partition coefficient (Wildman–Crippen LogP) is 3.86. The molecule has 0 unspecified atom stereocenters. The van der Waals surface area contributed by atoms with Gasteiger partial charge < -0.3 is 9.80 Å². The van der Waals surface area contributed by atoms with Crippen molar-refractivity contribution in [2.45, 2.75) is 57.9 Å². The first-order valence-corrected chi connectivity index (χ1v) is 11.0. The Morgan fingerprint density at radius 3 is 2.28 bits per heavy atom. The number of hydrogen-bond donors (Lipinski definition) is 0. The molecule has 1 atom stereocenters. The van der Waals surface area contributed by atoms with E-state index in [9.17, 15) is 4.79 Å². The van der Waals surface area contributed by atoms with Crippen LogP contribution in [0.3, 0.4) is 0 Å². The molecule has 3 aliphatic rings. The average Bonchev–Trinajstić information content (AvgIpc) is 3.55. The molecule has 1 aliphatic carbocycles. The van der Waals surface area contributed by atoms with E-state index in [1.807, 2.05) is 26.0 Å². The highest BCUT2D eigenvalue weighted by Gasteiger charge is 2.49. The van der Waals surface area contributed by atoms with Crippen LogP contribution in [0.15, 0.2) is 36.4 Å². The number of carbonyl (C=O) groups excluding carboxylic acids is 1. The molecule has 1 saturated carbocycles. The minimum Gasteiger partial charge on any atom is -0.341 e. The van der Waals surface area contributed by atoms with Gasteiger partial charge in [-0.1, -0.05) is 30.3 Å². The fourth-order valence-electron chi connectivity index (χ4n) is 5.26. The van der Waals surface area contributed by atoms with E-state index in [0.717, 1.165) is 56.2 Å². The third kappa shape index (κ3) is 3.63. The molecule has 5 rings (SSSR count). The quantitative estimate of drug-likeness (QED) is 0.799. The lowest BCUT2D eigenvalue weighted by Gasteiger charge is -2.50. The second-order valence-corrected chi connectivity index (χ2v) is 9.30. The van der Waals surface area contributed by atoms with Crippen LogP contribution >= 0.6 is 0 Å². The molecule has 2 saturated heterocycles. The molecule has 29 heavy (non-hydrogen) atoms. The summed E-state index contributed by atoms with van der Waals surface area (Å²) in [5, 5.41) is 0. The molecule has 5 nitrogen and oxygen atoms in total. The highest BCUT2D eigenvalue weighted by molar-refractivity contribution is 5.85. The zero-order valence-electron chi connectivity index (χ0n) is 17.5. The van der Waals surface area contributed by atoms with Crippen molar-refractivity contribution in [2.24, 2.45) is 5.41 Å². The van der Waals surface area contributed by atoms with Crippen LogP contribution in [0.2, 0.25) is 0 Å². The van der Waals surface area contributed by atoms with E-state index < -0.39 is 0 Å². The number of anilines is 1. The monoisotopic (exact) mass is 390 g/mol. The summed E-state index contributed by atoms with van der Waals surface area (Å²) >= 11 is 0. The van der Waals surface area contributed by atoms with Crippen LogP contribution in [-0.4, -0.2) is 46.5 Å². The second kappa shape index (κ2) is 7.12. The largest absolute Gasteiger partial charge is 0.341 e. The van der Waals surface area contributed by atoms with Gasteiger partial charge in [0.25, 0.3) is 0 Å². The van der Waals surface area contributed by atoms with Crippen LogP contribution in [0, 0.1) is 19.3 Å². The van der Waals surface area contributed by atoms with Crippen molar-refractivity contribution in [3.8, 4) is 0 Å². The summed E-state index contributed by atoms with van der Waals surface area (Å²) in [6.07, 6.45) is 5.52. The predicted molar refractivity (Wildman–Crippen MR) is 114 cm³/mol. The first-order chi connectivity index (χ1) is 14.0. The molecule has 0 radical (unpaired) electrons. The Labute approximate surface area is 173 Å². The fourth-order valence-corrected chi connectivity index (χ4v) is 5.26. The summed E-state index contributed by atoms with van der Waals surface area (Å²) in [5.74, 6) is 1.22. The third-order valence-electron chi connectivity index (χ3n) is 6.99. The lowest BCUT2D eigenvalue weighted by atomic mass is 9.67. The van der Waals surface area contributed by atoms with Crippen LogP contribution in [0.1, 0.15) is 55.0 Å². The highest BCUT2D eigenvalue weighted by Crippen LogP contribution is 2.48. The minimum absolute atomic E-state index is 0.00886. The second-order valence-electron chi connectivity index (χ2n) is 9.30. The molecule has 0 N–H and O–H groups in total. The van der Waals surface area contributed by atoms with Gasteiger partial charge in [-0.05, 0) is 63.0 Å². The standard InChI is InChI=1S/C24H30N4O/c1-17-14-18(2)26-23(25-17)27-12-10-24(11-13-27)15-21(19-6-4-3-5-7-19)22(29)28(16-24)20-8-9-20/h3-7,14,20-21H,8-13,15-16H2,1-2H3/t21-/m1/s1. The summed E-state index contributed by atoms with van der Waals surface area (Å²) in [6, 6.07) is 12.9. The lowest BCUT2D eigenvalue weighted by Crippen LogP contribution is -2.54. The summed E-state index contributed by atoms with van der Waals surface area (Å²) in [4.78, 5) is 27.2. The van der Waals surface area contributed by atoms with Crippen LogP contribution in [0.5, 0.6) is 0 Å². The van der Waals surface area contributed by atoms with Crippen molar-refractivity contribution in [3.63, 3.8) is 0 Å². The first kappa shape index (κ1) is 18.6. The van der Waals surface area contributed by atoms with Gasteiger partial charge in [-0.2, -0.15) is 0 Å². The van der Waals surface area contributed by atoms with E-state index in [-0.39, 0.29) is 11.3 Å². The molecule has 0 bridgehead atoms. The van der Waals surface area contributed by atoms with Crippen LogP contribution in [0.25, 0.3) is 0 Å². The fraction of sp³-hybridized carbons (Fsp3) is 0.542. The van der Waals surface area contributed by atoms with Gasteiger partial charge in [0.1, 0.15) is 0 Å². The Balaban J connectivity index is 1.38. The van der Waals surface area contributed by atoms with Crippen molar-refractivity contribution in [3.05, 3.63) is 53.3 Å². The van der Waals surface area contributed by atoms with E-state index in [2.05, 4.69) is 44.0 Å². The minimum atomic E-state index is 0.00886. The number of carbonyl (C=O) groups is 1. The number of hydrogen-bond acceptors (Lipinski definition) is 4. The Morgan fingerprint density at radius 1 is 1.00 bits per heavy atom. The molecule has 2 aliphatic heterocycles. The molecule has 1 aromatic carbocycles. The van der Waals surface area contributed by atoms with Gasteiger partial charge in [-0.25, -0.2) is 9.97 Å². The Hall–Kier alpha value is -2.43. The van der Waals surface area contributed by atoms with Gasteiger partial charge in [0, 0.05) is 37.1 Å². The number of benzene rings is 1. The number of aryl methyl sites for hydroxylation is 2. The summed E-state index contributed by atoms with van der Waals surface area (Å²) in [5.41, 5.74) is 3.45. The van der Waals surface area contributed by atoms with Crippen LogP contribution in [-0.2, 0) is 4.79 Å². The maximum atomic E-state index is 13.3. The Bertz CT molecular complexity index is 880. The van der Waals surface area contributed by atoms with Gasteiger partial charge >= 0.3 is 0 Å². The zero-order valence-corrected chi connectivity index (χ0v) is 17.5. The van der Waals surface area contributed by atoms with Crippen LogP contribution in [0.4, 0.5) is 5.95 Å². The Kier molecular flexibility index (Phi) is 4.56. The van der Waals surface area contributed by atoms with E-state index in [1.165, 1.54) is 18.4 Å². The van der Waals surface area contributed by atoms with Gasteiger partial charge in [0.15, 0.2) is 0 Å². The van der Waals surface area contributed by atoms with Crippen molar-refractivity contribution in [2.75, 3.05) is 24.5 Å². The molecule has 1 aromatic heterocycles. The van der Waals surface area contributed by atoms with E-state index in [4.69, 9.17) is 0 Å². The summed E-state index contributed by atoms with van der Waals surface area (Å²) in [6.45, 7) is 6.94. The maximum absolute atomic E-state index is 13.3. The average molecular weight is 391 g/mol. The van der Waals surface area contributed by atoms with Gasteiger partial charge in [-0.3, -0.25) is 4.79 Å². The number of nitrogens with zero attached hydrogens (tertiary/aromatic N) is 4. The smallest absolute Gasteiger partial charge is 0.230 e. The zero-order chi connectivity index (χ0) is 20.0. The van der Waals surface area contributed by atoms with E-state index in [0.29, 0.717) is 11.9 Å². The van der Waals surface area contributed by atoms with Gasteiger partial charge in [0.2, 0.25) is 11.9 Å². The summed E-state index contributed by atoms with van der Waals surface area (Å²) < 4.78 is 0. The van der Waals surface area contributed by atoms with E-state index >= 15 is 0 Å². The molecule has 1 spiro atoms. The van der Waals surface area contributed by atoms with Gasteiger partial charge in [0.05, 0.1) is 5.92 Å². The molecule has 5 heteroatoms. The first-order valence-electron chi connectivity index (χ1n) is 11.0. The maximum Gasteiger partial charge on any atom is 0.230 e. The van der Waals surface area contributed by atoms with Crippen molar-refractivity contribution < 1.29 is 4.79 Å². The van der Waals surface area contributed by atoms with Crippen molar-refractivity contribution in [1.29, 1.82) is 0 Å². The van der Waals surface area contributed by atoms with Crippen molar-refractivity contribution >= 4 is 11.9 Å². The molecular formula is C24H30N4O. The van der Waals surface area contributed by atoms with Crippen LogP contribution < -0.4 is 4.90 Å². The molecule has 1 amide bonds. The lowest BCUT2D eigenvalue weighted by molar-refractivity contribution is -0.141. The van der Waals surface area contributed by atoms with Crippen molar-refractivity contribution in [1.82, 2.24) is 14.9 Å². The van der Waals surface area contributed by atoms with E-state index in [1.54, 1.807) is 0 Å². The Morgan fingerprint density at radius 2 is 1.66 bits per heavy atom. The van der Waals surface area contributed by atoms with Gasteiger partial charge in [-0.15, -0.1) is 0 Å². The molecule has 3 fully saturated rings. The normalized spacial score (nSPS) is 24.2. The molecule has 3 heterocycles. The third-order valence-corrected chi connectivity index (χ3v) is 6.99. The topological polar surface area (TPSA) is 49.3 Å². The number of aromatic nitrogens is 2. The number of piperidine rings is 2. The molecular weight excluding hydrogens is 360 g/mol.